The number of allylic oxidation sites excluding steroid dienone is 2. The lowest BCUT2D eigenvalue weighted by atomic mass is 9.64. The number of hydrogen-bond acceptors (Lipinski definition) is 7. The van der Waals surface area contributed by atoms with Crippen LogP contribution in [0.3, 0.4) is 0 Å². The number of methoxy groups -OCH3 is 2. The molecule has 0 spiro atoms. The number of halogens is 4. The van der Waals surface area contributed by atoms with Gasteiger partial charge in [0.05, 0.1) is 42.9 Å². The van der Waals surface area contributed by atoms with Gasteiger partial charge in [0, 0.05) is 29.6 Å². The molecule has 3 aliphatic carbocycles. The molecule has 12 heteroatoms. The van der Waals surface area contributed by atoms with Crippen molar-refractivity contribution in [3.05, 3.63) is 117 Å². The molecule has 316 valence electrons. The molecular weight excluding hydrogens is 783 g/mol. The summed E-state index contributed by atoms with van der Waals surface area (Å²) < 4.78 is 57.7. The molecule has 1 fully saturated rings. The average molecular weight is 836 g/mol. The van der Waals surface area contributed by atoms with E-state index in [1.54, 1.807) is 37.3 Å². The molecule has 0 radical (unpaired) electrons. The zero-order valence-corrected chi connectivity index (χ0v) is 35.0. The summed E-state index contributed by atoms with van der Waals surface area (Å²) >= 11 is 6.34. The van der Waals surface area contributed by atoms with Gasteiger partial charge in [0.1, 0.15) is 5.76 Å². The fourth-order valence-corrected chi connectivity index (χ4v) is 9.19. The maximum absolute atomic E-state index is 14.6. The number of hydrogen-bond donors (Lipinski definition) is 2. The molecule has 3 aliphatic rings. The van der Waals surface area contributed by atoms with Gasteiger partial charge in [-0.15, -0.1) is 0 Å². The van der Waals surface area contributed by atoms with E-state index in [1.165, 1.54) is 12.1 Å². The number of amides is 1. The summed E-state index contributed by atoms with van der Waals surface area (Å²) in [6, 6.07) is 16.8. The molecule has 1 aromatic heterocycles. The van der Waals surface area contributed by atoms with Gasteiger partial charge in [0.15, 0.2) is 17.3 Å². The van der Waals surface area contributed by atoms with Crippen LogP contribution in [0.1, 0.15) is 110 Å². The first-order valence-electron chi connectivity index (χ1n) is 20.2. The van der Waals surface area contributed by atoms with Crippen molar-refractivity contribution in [3.63, 3.8) is 0 Å². The Bertz CT molecular complexity index is 2200. The summed E-state index contributed by atoms with van der Waals surface area (Å²) in [5, 5.41) is 24.0. The molecule has 1 saturated carbocycles. The van der Waals surface area contributed by atoms with Crippen LogP contribution in [0.4, 0.5) is 13.2 Å². The zero-order chi connectivity index (χ0) is 42.7. The first kappa shape index (κ1) is 44.0. The highest BCUT2D eigenvalue weighted by Crippen LogP contribution is 2.59. The van der Waals surface area contributed by atoms with Gasteiger partial charge < -0.3 is 29.0 Å². The van der Waals surface area contributed by atoms with Crippen molar-refractivity contribution in [2.45, 2.75) is 102 Å². The van der Waals surface area contributed by atoms with E-state index in [2.05, 4.69) is 13.0 Å². The monoisotopic (exact) mass is 835 g/mol. The minimum atomic E-state index is -4.61. The van der Waals surface area contributed by atoms with Crippen LogP contribution in [-0.4, -0.2) is 65.8 Å². The highest BCUT2D eigenvalue weighted by Gasteiger charge is 2.57. The van der Waals surface area contributed by atoms with Gasteiger partial charge in [-0.2, -0.15) is 13.2 Å². The number of aliphatic hydroxyl groups excluding tert-OH is 1. The van der Waals surface area contributed by atoms with E-state index in [0.717, 1.165) is 34.9 Å². The fourth-order valence-electron chi connectivity index (χ4n) is 8.98. The van der Waals surface area contributed by atoms with E-state index >= 15 is 0 Å². The van der Waals surface area contributed by atoms with Gasteiger partial charge in [0.25, 0.3) is 0 Å². The number of fused-ring (bicyclic) bond motifs is 8. The number of alkyl halides is 3. The summed E-state index contributed by atoms with van der Waals surface area (Å²) in [5.41, 5.74) is 0.580. The topological polar surface area (TPSA) is 109 Å². The first-order chi connectivity index (χ1) is 28.0. The first-order valence-corrected chi connectivity index (χ1v) is 20.6. The van der Waals surface area contributed by atoms with Crippen molar-refractivity contribution in [2.75, 3.05) is 27.3 Å². The number of rotatable bonds is 11. The Morgan fingerprint density at radius 1 is 0.983 bits per heavy atom. The Morgan fingerprint density at radius 3 is 2.46 bits per heavy atom. The second-order valence-corrected chi connectivity index (χ2v) is 16.7. The Kier molecular flexibility index (Phi) is 13.4. The van der Waals surface area contributed by atoms with Crippen molar-refractivity contribution < 1.29 is 46.9 Å². The molecular formula is C47H53ClF3NO7. The Morgan fingerprint density at radius 2 is 1.75 bits per heavy atom. The molecule has 7 rings (SSSR count). The standard InChI is InChI=1S/C47H53ClF3NO7/c1-6-22-52(43(54)26-31-11-16-40(57-4)42(25-31)58-5)28-46(56)21-19-37-34-14-10-30(23-33(53)13-9-29(2)8-7-20-45(37,46)3)24-35(34)44(55)41-18-17-39(59-41)36-27-32(47(49,50)51)12-15-38(36)48/h8,10-12,14-18,24-25,27,33,37,53,56H,6-7,9,13,19-23,26,28H2,1-5H3. The van der Waals surface area contributed by atoms with Crippen molar-refractivity contribution in [3.8, 4) is 22.8 Å². The highest BCUT2D eigenvalue weighted by atomic mass is 35.5. The van der Waals surface area contributed by atoms with Crippen molar-refractivity contribution in [1.29, 1.82) is 0 Å². The van der Waals surface area contributed by atoms with Gasteiger partial charge in [-0.05, 0) is 129 Å². The number of carbonyl (C=O) groups is 2. The summed E-state index contributed by atoms with van der Waals surface area (Å²) in [6.45, 7) is 6.62. The Labute approximate surface area is 349 Å². The maximum atomic E-state index is 14.6. The number of ether oxygens (including phenoxy) is 2. The highest BCUT2D eigenvalue weighted by molar-refractivity contribution is 6.33. The molecule has 2 bridgehead atoms. The molecule has 8 nitrogen and oxygen atoms in total. The summed E-state index contributed by atoms with van der Waals surface area (Å²) in [7, 11) is 3.09. The van der Waals surface area contributed by atoms with Crippen molar-refractivity contribution in [1.82, 2.24) is 4.90 Å². The number of ketones is 1. The molecule has 59 heavy (non-hydrogen) atoms. The van der Waals surface area contributed by atoms with Crippen molar-refractivity contribution in [2.24, 2.45) is 5.41 Å². The second kappa shape index (κ2) is 18.0. The smallest absolute Gasteiger partial charge is 0.416 e. The number of aliphatic hydroxyl groups is 2. The molecule has 2 N–H and O–H groups in total. The average Bonchev–Trinajstić information content (AvgIpc) is 3.78. The zero-order valence-electron chi connectivity index (χ0n) is 34.3. The number of carbonyl (C=O) groups excluding carboxylic acids is 2. The minimum Gasteiger partial charge on any atom is -0.493 e. The van der Waals surface area contributed by atoms with E-state index < -0.39 is 34.6 Å². The summed E-state index contributed by atoms with van der Waals surface area (Å²) in [6.07, 6.45) is 1.23. The lowest BCUT2D eigenvalue weighted by Crippen LogP contribution is -2.54. The predicted octanol–water partition coefficient (Wildman–Crippen LogP) is 10.4. The van der Waals surface area contributed by atoms with E-state index in [1.807, 2.05) is 32.0 Å². The van der Waals surface area contributed by atoms with Crippen molar-refractivity contribution >= 4 is 23.3 Å². The molecule has 4 atom stereocenters. The molecule has 1 heterocycles. The third kappa shape index (κ3) is 9.42. The SMILES string of the molecule is CCCN(CC1(O)CCC2c3ccc(cc3C(=O)c3ccc(-c4cc(C(F)(F)F)ccc4Cl)o3)CC(O)CCC(C)=CCCC21C)C(=O)Cc1ccc(OC)c(OC)c1. The van der Waals surface area contributed by atoms with Crippen LogP contribution in [0.15, 0.2) is 82.8 Å². The molecule has 4 aromatic rings. The Balaban J connectivity index is 1.38. The van der Waals surface area contributed by atoms with Crippen LogP contribution >= 0.6 is 11.6 Å². The maximum Gasteiger partial charge on any atom is 0.416 e. The predicted molar refractivity (Wildman–Crippen MR) is 221 cm³/mol. The fraction of sp³-hybridized carbons (Fsp3) is 0.447. The lowest BCUT2D eigenvalue weighted by Gasteiger charge is -2.46. The number of benzene rings is 3. The van der Waals surface area contributed by atoms with Gasteiger partial charge >= 0.3 is 6.18 Å². The van der Waals surface area contributed by atoms with Crippen LogP contribution < -0.4 is 9.47 Å². The van der Waals surface area contributed by atoms with Crippen LogP contribution in [0.2, 0.25) is 5.02 Å². The number of nitrogens with zero attached hydrogens (tertiary/aromatic N) is 1. The van der Waals surface area contributed by atoms with Crippen LogP contribution in [0.25, 0.3) is 11.3 Å². The minimum absolute atomic E-state index is 0.00110. The van der Waals surface area contributed by atoms with E-state index in [4.69, 9.17) is 25.5 Å². The van der Waals surface area contributed by atoms with Crippen LogP contribution in [-0.2, 0) is 23.8 Å². The molecule has 3 aromatic carbocycles. The number of furan rings is 1. The second-order valence-electron chi connectivity index (χ2n) is 16.3. The van der Waals surface area contributed by atoms with Gasteiger partial charge in [-0.1, -0.05) is 55.3 Å². The van der Waals surface area contributed by atoms with Crippen LogP contribution in [0, 0.1) is 5.41 Å². The van der Waals surface area contributed by atoms with Gasteiger partial charge in [0.2, 0.25) is 11.7 Å². The quantitative estimate of drug-likeness (QED) is 0.114. The van der Waals surface area contributed by atoms with Gasteiger partial charge in [-0.25, -0.2) is 0 Å². The molecule has 4 unspecified atom stereocenters. The van der Waals surface area contributed by atoms with E-state index in [0.29, 0.717) is 80.5 Å². The third-order valence-electron chi connectivity index (χ3n) is 12.4. The van der Waals surface area contributed by atoms with E-state index in [-0.39, 0.29) is 46.9 Å². The molecule has 0 aliphatic heterocycles. The molecule has 0 saturated heterocycles. The largest absolute Gasteiger partial charge is 0.493 e. The molecule has 1 amide bonds. The summed E-state index contributed by atoms with van der Waals surface area (Å²) in [5.74, 6) is 0.0462. The third-order valence-corrected chi connectivity index (χ3v) is 12.7. The van der Waals surface area contributed by atoms with E-state index in [9.17, 15) is 33.0 Å². The normalized spacial score (nSPS) is 22.3. The van der Waals surface area contributed by atoms with Crippen LogP contribution in [0.5, 0.6) is 11.5 Å². The van der Waals surface area contributed by atoms with Gasteiger partial charge in [-0.3, -0.25) is 9.59 Å². The Hall–Kier alpha value is -4.58. The lowest BCUT2D eigenvalue weighted by molar-refractivity contribution is -0.139. The summed E-state index contributed by atoms with van der Waals surface area (Å²) in [4.78, 5) is 30.5.